The van der Waals surface area contributed by atoms with Gasteiger partial charge in [0.15, 0.2) is 0 Å². The molecule has 5 aliphatic heterocycles. The predicted molar refractivity (Wildman–Crippen MR) is 466 cm³/mol. The lowest BCUT2D eigenvalue weighted by Gasteiger charge is -2.40. The lowest BCUT2D eigenvalue weighted by molar-refractivity contribution is -0.148. The summed E-state index contributed by atoms with van der Waals surface area (Å²) in [5.41, 5.74) is 25.0. The highest BCUT2D eigenvalue weighted by molar-refractivity contribution is 8.02. The molecule has 7 N–H and O–H groups in total. The number of nitriles is 1. The minimum absolute atomic E-state index is 0.0168. The second kappa shape index (κ2) is 36.3. The van der Waals surface area contributed by atoms with Crippen LogP contribution in [0.15, 0.2) is 87.0 Å². The predicted octanol–water partition coefficient (Wildman–Crippen LogP) is 16.9. The Kier molecular flexibility index (Phi) is 26.8. The number of aromatic nitrogens is 8. The molecule has 117 heavy (non-hydrogen) atoms. The fraction of sp³-hybridized carbons (Fsp3) is 0.398. The lowest BCUT2D eigenvalue weighted by atomic mass is 9.69. The molecule has 16 bridgehead atoms. The molecule has 0 saturated carbocycles. The van der Waals surface area contributed by atoms with Crippen LogP contribution < -0.4 is 10.6 Å². The van der Waals surface area contributed by atoms with Crippen LogP contribution >= 0.6 is 11.8 Å². The number of rotatable bonds is 35. The summed E-state index contributed by atoms with van der Waals surface area (Å²) in [7, 11) is 0. The molecule has 1 saturated heterocycles. The van der Waals surface area contributed by atoms with Crippen molar-refractivity contribution in [2.45, 2.75) is 196 Å². The molecule has 11 rings (SSSR count). The molecule has 5 unspecified atom stereocenters. The highest BCUT2D eigenvalue weighted by Gasteiger charge is 2.51. The normalized spacial score (nSPS) is 15.8. The van der Waals surface area contributed by atoms with Gasteiger partial charge in [-0.3, -0.25) is 38.5 Å². The molecule has 0 aliphatic carbocycles. The number of carbonyl (C=O) groups is 7. The summed E-state index contributed by atoms with van der Waals surface area (Å²) in [4.78, 5) is 132. The maximum atomic E-state index is 15.3. The number of fused-ring (bicyclic) bond motifs is 16. The van der Waals surface area contributed by atoms with Gasteiger partial charge in [-0.15, -0.1) is 11.8 Å². The van der Waals surface area contributed by atoms with E-state index in [4.69, 9.17) is 34.1 Å². The number of aliphatic hydroxyl groups excluding tert-OH is 1. The summed E-state index contributed by atoms with van der Waals surface area (Å²) < 4.78 is 14.9. The van der Waals surface area contributed by atoms with Crippen LogP contribution in [0.4, 0.5) is 0 Å². The van der Waals surface area contributed by atoms with E-state index in [0.717, 1.165) is 192 Å². The first-order valence-corrected chi connectivity index (χ1v) is 40.9. The maximum absolute atomic E-state index is 15.3. The van der Waals surface area contributed by atoms with E-state index in [2.05, 4.69) is 88.9 Å². The van der Waals surface area contributed by atoms with Crippen LogP contribution in [-0.4, -0.2) is 147 Å². The molecule has 5 aliphatic rings. The number of thioether (sulfide) groups is 1. The Morgan fingerprint density at radius 1 is 0.573 bits per heavy atom. The Hall–Kier alpha value is -11.6. The number of nitrogens with one attached hydrogen (secondary N) is 6. The van der Waals surface area contributed by atoms with Gasteiger partial charge in [-0.1, -0.05) is 70.4 Å². The highest BCUT2D eigenvalue weighted by atomic mass is 32.2. The number of hydrogen-bond acceptors (Lipinski definition) is 17. The molecule has 6 aromatic rings. The monoisotopic (exact) mass is 1600 g/mol. The average molecular weight is 1600 g/mol. The third-order valence-corrected chi connectivity index (χ3v) is 24.7. The Balaban J connectivity index is 0.807. The first-order chi connectivity index (χ1) is 55.7. The fourth-order valence-electron chi connectivity index (χ4n) is 16.8. The van der Waals surface area contributed by atoms with Gasteiger partial charge in [0, 0.05) is 111 Å². The largest absolute Gasteiger partial charge is 0.468 e. The minimum Gasteiger partial charge on any atom is -0.468 e. The number of likely N-dealkylation sites (tertiary alicyclic amines) is 1. The van der Waals surface area contributed by atoms with Crippen LogP contribution in [0, 0.1) is 49.9 Å². The van der Waals surface area contributed by atoms with E-state index < -0.39 is 62.6 Å². The number of carbonyl (C=O) groups excluding carboxylic acids is 7. The maximum Gasteiger partial charge on any atom is 0.306 e. The molecule has 612 valence electrons. The minimum atomic E-state index is -1.62. The molecule has 5 atom stereocenters. The average Bonchev–Trinajstić information content (AvgIpc) is 1.63. The fourth-order valence-corrected chi connectivity index (χ4v) is 18.5. The van der Waals surface area contributed by atoms with E-state index in [9.17, 15) is 39.1 Å². The van der Waals surface area contributed by atoms with Crippen molar-refractivity contribution in [2.24, 2.45) is 10.8 Å². The summed E-state index contributed by atoms with van der Waals surface area (Å²) in [5.74, 6) is -2.51. The van der Waals surface area contributed by atoms with E-state index in [1.807, 2.05) is 96.2 Å². The number of ether oxygens (including phenoxy) is 3. The number of nitrogens with zero attached hydrogens (tertiary/aromatic N) is 6. The molecule has 11 heterocycles. The quantitative estimate of drug-likeness (QED) is 0.00639. The molecule has 0 spiro atoms. The van der Waals surface area contributed by atoms with Crippen molar-refractivity contribution < 1.29 is 52.9 Å². The summed E-state index contributed by atoms with van der Waals surface area (Å²) in [6.07, 6.45) is 9.43. The molecule has 0 radical (unpaired) electrons. The molecule has 23 nitrogen and oxygen atoms in total. The van der Waals surface area contributed by atoms with Gasteiger partial charge in [0.25, 0.3) is 12.9 Å². The van der Waals surface area contributed by atoms with Crippen molar-refractivity contribution in [3.05, 3.63) is 177 Å². The Labute approximate surface area is 687 Å². The van der Waals surface area contributed by atoms with Crippen LogP contribution in [0.1, 0.15) is 224 Å². The number of amides is 4. The van der Waals surface area contributed by atoms with Crippen molar-refractivity contribution in [1.29, 1.82) is 5.26 Å². The number of allylic oxidation sites excluding steroid dienone is 9. The highest BCUT2D eigenvalue weighted by Crippen LogP contribution is 2.48. The van der Waals surface area contributed by atoms with Gasteiger partial charge in [0.05, 0.1) is 92.9 Å². The van der Waals surface area contributed by atoms with E-state index in [1.165, 1.54) is 11.8 Å². The molecule has 6 aromatic heterocycles. The zero-order valence-electron chi connectivity index (χ0n) is 69.8. The number of aryl methyl sites for hydroxylation is 5. The summed E-state index contributed by atoms with van der Waals surface area (Å²) in [6.45, 7) is 43.7. The number of aromatic amines is 4. The topological polar surface area (TPSA) is 333 Å². The lowest BCUT2D eigenvalue weighted by Crippen LogP contribution is -2.53. The second-order valence-corrected chi connectivity index (χ2v) is 34.1. The van der Waals surface area contributed by atoms with Gasteiger partial charge in [-0.25, -0.2) is 19.9 Å². The van der Waals surface area contributed by atoms with Gasteiger partial charge in [0.2, 0.25) is 23.6 Å². The van der Waals surface area contributed by atoms with Crippen molar-refractivity contribution >= 4 is 155 Å². The molecule has 1 fully saturated rings. The molecular formula is C93H108N12O11S. The Morgan fingerprint density at radius 2 is 1.02 bits per heavy atom. The SMILES string of the molecule is C=CC1=C(C)c2cc3[nH]c(cc4nc(cc5[nH]c(cc1n2)c(C)c5CCCCCCN1C(=O)CC(SC(C)(CC(C)(CC(C)(C)C#N)C(=O)NCC(C)O)C(=O)NCC(C)OC(=O)CCC2=C(C)c5cc6[nH]c(cc7nc(cc8[nH]c(cc2n5)c(CCOC=O)c8C)C(C=C)=C7C)c(C=C)c6C)C1=O)C(CCOC=O)=C4C)c(C)c3C=C. The summed E-state index contributed by atoms with van der Waals surface area (Å²) in [6, 6.07) is 18.4. The van der Waals surface area contributed by atoms with E-state index >= 15 is 4.79 Å². The first-order valence-electron chi connectivity index (χ1n) is 40.0. The molecule has 0 aromatic carbocycles. The summed E-state index contributed by atoms with van der Waals surface area (Å²) >= 11 is 0.996. The smallest absolute Gasteiger partial charge is 0.306 e. The Bertz CT molecular complexity index is 5630. The van der Waals surface area contributed by atoms with Gasteiger partial charge in [-0.2, -0.15) is 5.26 Å². The standard InChI is InChI=1S/C93H108N12O11S/c1-19-61-53(7)69-35-71-58(12)66(82(101-71)42-84-68(31-34-115-50-107)60(14)76(104-84)40-80-64(22-4)56(10)74(100-80)38-77(61)97-69)28-29-87(110)116-52(6)45-96-90(113)93(18,47-92(17,46-91(15,16)48-94)89(112)95-44-51(5)108)117-85-43-86(109)105(88(85)111)32-26-24-23-25-27-65-57(11)75-39-79-63(21-3)55(9)73(99-79)37-78-62(20-2)54(8)70(98-78)36-72-59(13)67(30-33-114-49-106)83(102-72)41-81(65)103-75/h19-22,35-42,49-52,85,97-98,103-104,108H,1-4,23-34,43-47H2,5-18H3,(H,95,112)(H,96,113). The number of imide groups is 1. The van der Waals surface area contributed by atoms with Crippen molar-refractivity contribution in [2.75, 3.05) is 32.8 Å². The van der Waals surface area contributed by atoms with Gasteiger partial charge < -0.3 is 49.9 Å². The number of esters is 1. The molecule has 24 heteroatoms. The zero-order valence-corrected chi connectivity index (χ0v) is 70.6. The summed E-state index contributed by atoms with van der Waals surface area (Å²) in [5, 5.41) is 25.5. The number of unbranched alkanes of at least 4 members (excludes halogenated alkanes) is 3. The number of H-pyrrole nitrogens is 4. The van der Waals surface area contributed by atoms with Crippen LogP contribution in [0.3, 0.4) is 0 Å². The number of hydrogen-bond donors (Lipinski definition) is 7. The van der Waals surface area contributed by atoms with Crippen molar-refractivity contribution in [1.82, 2.24) is 55.4 Å². The van der Waals surface area contributed by atoms with Crippen molar-refractivity contribution in [3.63, 3.8) is 0 Å². The number of aliphatic hydroxyl groups is 1. The van der Waals surface area contributed by atoms with Crippen molar-refractivity contribution in [3.8, 4) is 6.07 Å². The third kappa shape index (κ3) is 18.7. The van der Waals surface area contributed by atoms with Crippen LogP contribution in [-0.2, 0) is 60.6 Å². The van der Waals surface area contributed by atoms with Gasteiger partial charge >= 0.3 is 5.97 Å². The third-order valence-electron chi connectivity index (χ3n) is 23.2. The van der Waals surface area contributed by atoms with E-state index in [-0.39, 0.29) is 65.0 Å². The molecule has 4 amide bonds. The van der Waals surface area contributed by atoms with Crippen LogP contribution in [0.5, 0.6) is 0 Å². The van der Waals surface area contributed by atoms with Crippen LogP contribution in [0.25, 0.3) is 101 Å². The second-order valence-electron chi connectivity index (χ2n) is 32.4. The zero-order chi connectivity index (χ0) is 84.7. The first kappa shape index (κ1) is 86.3. The van der Waals surface area contributed by atoms with E-state index in [1.54, 1.807) is 40.7 Å². The van der Waals surface area contributed by atoms with Gasteiger partial charge in [-0.05, 0) is 244 Å². The Morgan fingerprint density at radius 3 is 1.52 bits per heavy atom. The van der Waals surface area contributed by atoms with E-state index in [0.29, 0.717) is 56.4 Å². The molecular weight excluding hydrogens is 1490 g/mol. The van der Waals surface area contributed by atoms with Gasteiger partial charge in [0.1, 0.15) is 6.10 Å². The van der Waals surface area contributed by atoms with Crippen LogP contribution in [0.2, 0.25) is 0 Å².